The van der Waals surface area contributed by atoms with E-state index < -0.39 is 0 Å². The van der Waals surface area contributed by atoms with E-state index in [4.69, 9.17) is 0 Å². The van der Waals surface area contributed by atoms with E-state index in [1.54, 1.807) is 0 Å². The Morgan fingerprint density at radius 1 is 1.06 bits per heavy atom. The third-order valence-electron chi connectivity index (χ3n) is 4.58. The third kappa shape index (κ3) is 3.34. The van der Waals surface area contributed by atoms with Gasteiger partial charge in [0.15, 0.2) is 0 Å². The Bertz CT molecular complexity index is 325. The maximum Gasteiger partial charge on any atom is -0.0188 e. The van der Waals surface area contributed by atoms with E-state index in [0.717, 1.165) is 23.7 Å². The largest absolute Gasteiger partial charge is 0.0625 e. The fraction of sp³-hybridized carbons (Fsp3) is 0.647. The molecule has 0 heterocycles. The summed E-state index contributed by atoms with van der Waals surface area (Å²) < 4.78 is 0. The molecule has 1 saturated carbocycles. The van der Waals surface area contributed by atoms with Crippen LogP contribution < -0.4 is 0 Å². The Kier molecular flexibility index (Phi) is 4.25. The number of hydrogen-bond donors (Lipinski definition) is 0. The molecule has 17 heavy (non-hydrogen) atoms. The second-order valence-corrected chi connectivity index (χ2v) is 6.23. The fourth-order valence-electron chi connectivity index (χ4n) is 3.35. The molecule has 0 heteroatoms. The zero-order chi connectivity index (χ0) is 12.3. The van der Waals surface area contributed by atoms with Crippen LogP contribution in [0.2, 0.25) is 0 Å². The van der Waals surface area contributed by atoms with Gasteiger partial charge < -0.3 is 0 Å². The molecule has 94 valence electrons. The highest BCUT2D eigenvalue weighted by Gasteiger charge is 2.27. The van der Waals surface area contributed by atoms with E-state index in [-0.39, 0.29) is 0 Å². The molecule has 0 radical (unpaired) electrons. The van der Waals surface area contributed by atoms with Crippen LogP contribution in [-0.4, -0.2) is 0 Å². The second-order valence-electron chi connectivity index (χ2n) is 6.23. The topological polar surface area (TPSA) is 0 Å². The summed E-state index contributed by atoms with van der Waals surface area (Å²) in [6.45, 7) is 7.15. The number of rotatable bonds is 4. The highest BCUT2D eigenvalue weighted by Crippen LogP contribution is 2.40. The van der Waals surface area contributed by atoms with Gasteiger partial charge in [0.05, 0.1) is 0 Å². The van der Waals surface area contributed by atoms with E-state index in [1.165, 1.54) is 31.2 Å². The third-order valence-corrected chi connectivity index (χ3v) is 4.58. The molecule has 0 bridgehead atoms. The van der Waals surface area contributed by atoms with Crippen LogP contribution in [0.1, 0.15) is 57.9 Å². The van der Waals surface area contributed by atoms with Gasteiger partial charge in [-0.1, -0.05) is 57.5 Å². The maximum atomic E-state index is 2.39. The van der Waals surface area contributed by atoms with Crippen molar-refractivity contribution in [2.45, 2.75) is 52.4 Å². The molecule has 1 aliphatic carbocycles. The average Bonchev–Trinajstić information content (AvgIpc) is 2.79. The lowest BCUT2D eigenvalue weighted by Gasteiger charge is -2.18. The van der Waals surface area contributed by atoms with Crippen molar-refractivity contribution < 1.29 is 0 Å². The smallest absolute Gasteiger partial charge is 0.0188 e. The molecule has 3 atom stereocenters. The minimum Gasteiger partial charge on any atom is -0.0625 e. The Labute approximate surface area is 106 Å². The van der Waals surface area contributed by atoms with Gasteiger partial charge in [-0.2, -0.15) is 0 Å². The normalized spacial score (nSPS) is 26.4. The molecule has 0 nitrogen and oxygen atoms in total. The van der Waals surface area contributed by atoms with Gasteiger partial charge in [0, 0.05) is 0 Å². The summed E-state index contributed by atoms with van der Waals surface area (Å²) >= 11 is 0. The quantitative estimate of drug-likeness (QED) is 0.662. The molecule has 1 aromatic rings. The van der Waals surface area contributed by atoms with E-state index >= 15 is 0 Å². The monoisotopic (exact) mass is 230 g/mol. The molecule has 0 aliphatic heterocycles. The predicted molar refractivity (Wildman–Crippen MR) is 75.1 cm³/mol. The molecule has 0 spiro atoms. The summed E-state index contributed by atoms with van der Waals surface area (Å²) in [6.07, 6.45) is 5.77. The highest BCUT2D eigenvalue weighted by atomic mass is 14.3. The molecule has 1 fully saturated rings. The van der Waals surface area contributed by atoms with Gasteiger partial charge in [0.2, 0.25) is 0 Å². The molecule has 1 aliphatic rings. The first-order chi connectivity index (χ1) is 8.16. The van der Waals surface area contributed by atoms with Gasteiger partial charge in [-0.3, -0.25) is 0 Å². The molecule has 3 unspecified atom stereocenters. The Balaban J connectivity index is 1.86. The van der Waals surface area contributed by atoms with Crippen LogP contribution in [0.15, 0.2) is 30.3 Å². The van der Waals surface area contributed by atoms with Gasteiger partial charge in [0.1, 0.15) is 0 Å². The first kappa shape index (κ1) is 12.7. The molecule has 2 rings (SSSR count). The van der Waals surface area contributed by atoms with Crippen LogP contribution >= 0.6 is 0 Å². The van der Waals surface area contributed by atoms with Crippen molar-refractivity contribution in [1.29, 1.82) is 0 Å². The number of hydrogen-bond acceptors (Lipinski definition) is 0. The Hall–Kier alpha value is -0.780. The van der Waals surface area contributed by atoms with E-state index in [9.17, 15) is 0 Å². The van der Waals surface area contributed by atoms with Gasteiger partial charge in [-0.05, 0) is 48.5 Å². The van der Waals surface area contributed by atoms with Crippen LogP contribution in [0.4, 0.5) is 0 Å². The highest BCUT2D eigenvalue weighted by molar-refractivity contribution is 5.18. The van der Waals surface area contributed by atoms with Crippen LogP contribution in [-0.2, 0) is 0 Å². The van der Waals surface area contributed by atoms with Crippen molar-refractivity contribution in [2.24, 2.45) is 17.8 Å². The molecule has 1 aromatic carbocycles. The zero-order valence-corrected chi connectivity index (χ0v) is 11.5. The summed E-state index contributed by atoms with van der Waals surface area (Å²) in [5.74, 6) is 3.57. The lowest BCUT2D eigenvalue weighted by atomic mass is 9.87. The van der Waals surface area contributed by atoms with Crippen LogP contribution in [0.3, 0.4) is 0 Å². The Morgan fingerprint density at radius 3 is 2.35 bits per heavy atom. The molecular weight excluding hydrogens is 204 g/mol. The summed E-state index contributed by atoms with van der Waals surface area (Å²) in [4.78, 5) is 0. The summed E-state index contributed by atoms with van der Waals surface area (Å²) in [6, 6.07) is 11.0. The summed E-state index contributed by atoms with van der Waals surface area (Å²) in [5.41, 5.74) is 1.51. The molecule has 0 aromatic heterocycles. The van der Waals surface area contributed by atoms with Crippen LogP contribution in [0, 0.1) is 17.8 Å². The minimum atomic E-state index is 0.729. The zero-order valence-electron chi connectivity index (χ0n) is 11.5. The SMILES string of the molecule is CC(CC1CCC(C(C)C)C1)c1ccccc1. The van der Waals surface area contributed by atoms with Crippen molar-refractivity contribution in [3.05, 3.63) is 35.9 Å². The first-order valence-corrected chi connectivity index (χ1v) is 7.21. The van der Waals surface area contributed by atoms with Gasteiger partial charge in [-0.15, -0.1) is 0 Å². The van der Waals surface area contributed by atoms with Crippen molar-refractivity contribution in [1.82, 2.24) is 0 Å². The van der Waals surface area contributed by atoms with Crippen LogP contribution in [0.25, 0.3) is 0 Å². The maximum absolute atomic E-state index is 2.39. The lowest BCUT2D eigenvalue weighted by molar-refractivity contribution is 0.366. The molecular formula is C17H26. The van der Waals surface area contributed by atoms with Gasteiger partial charge in [0.25, 0.3) is 0 Å². The van der Waals surface area contributed by atoms with E-state index in [1.807, 2.05) is 0 Å². The fourth-order valence-corrected chi connectivity index (χ4v) is 3.35. The van der Waals surface area contributed by atoms with Gasteiger partial charge in [-0.25, -0.2) is 0 Å². The van der Waals surface area contributed by atoms with E-state index in [0.29, 0.717) is 0 Å². The molecule has 0 N–H and O–H groups in total. The van der Waals surface area contributed by atoms with Gasteiger partial charge >= 0.3 is 0 Å². The Morgan fingerprint density at radius 2 is 1.76 bits per heavy atom. The number of benzene rings is 1. The summed E-state index contributed by atoms with van der Waals surface area (Å²) in [7, 11) is 0. The second kappa shape index (κ2) is 5.71. The van der Waals surface area contributed by atoms with Crippen molar-refractivity contribution in [3.8, 4) is 0 Å². The van der Waals surface area contributed by atoms with Crippen LogP contribution in [0.5, 0.6) is 0 Å². The van der Waals surface area contributed by atoms with Crippen molar-refractivity contribution in [3.63, 3.8) is 0 Å². The first-order valence-electron chi connectivity index (χ1n) is 7.21. The standard InChI is InChI=1S/C17H26/c1-13(2)17-10-9-15(12-17)11-14(3)16-7-5-4-6-8-16/h4-8,13-15,17H,9-12H2,1-3H3. The summed E-state index contributed by atoms with van der Waals surface area (Å²) in [5, 5.41) is 0. The van der Waals surface area contributed by atoms with Crippen molar-refractivity contribution in [2.75, 3.05) is 0 Å². The molecule has 0 amide bonds. The predicted octanol–water partition coefficient (Wildman–Crippen LogP) is 5.25. The molecule has 0 saturated heterocycles. The average molecular weight is 230 g/mol. The minimum absolute atomic E-state index is 0.729. The van der Waals surface area contributed by atoms with E-state index in [2.05, 4.69) is 51.1 Å². The lowest BCUT2D eigenvalue weighted by Crippen LogP contribution is -2.06. The van der Waals surface area contributed by atoms with Crippen molar-refractivity contribution >= 4 is 0 Å².